The third kappa shape index (κ3) is 4.04. The number of thiazole rings is 1. The zero-order valence-corrected chi connectivity index (χ0v) is 10.9. The molecule has 5 heteroatoms. The van der Waals surface area contributed by atoms with Crippen LogP contribution in [0, 0.1) is 0 Å². The molecule has 1 rings (SSSR count). The SMILES string of the molecule is CCOC(C)(C)OCc1csc(Br)n1. The summed E-state index contributed by atoms with van der Waals surface area (Å²) in [6.45, 7) is 6.88. The van der Waals surface area contributed by atoms with Gasteiger partial charge in [0.15, 0.2) is 9.70 Å². The van der Waals surface area contributed by atoms with Gasteiger partial charge in [-0.05, 0) is 36.7 Å². The van der Waals surface area contributed by atoms with Crippen LogP contribution < -0.4 is 0 Å². The Morgan fingerprint density at radius 1 is 1.50 bits per heavy atom. The minimum Gasteiger partial charge on any atom is -0.351 e. The van der Waals surface area contributed by atoms with Crippen molar-refractivity contribution in [1.82, 2.24) is 4.98 Å². The summed E-state index contributed by atoms with van der Waals surface area (Å²) in [4.78, 5) is 4.23. The van der Waals surface area contributed by atoms with Crippen LogP contribution in [0.3, 0.4) is 0 Å². The van der Waals surface area contributed by atoms with Gasteiger partial charge in [-0.25, -0.2) is 4.98 Å². The summed E-state index contributed by atoms with van der Waals surface area (Å²) in [5.74, 6) is -0.537. The molecule has 0 bridgehead atoms. The Kier molecular flexibility index (Phi) is 4.50. The van der Waals surface area contributed by atoms with Crippen molar-refractivity contribution in [1.29, 1.82) is 0 Å². The average Bonchev–Trinajstić information content (AvgIpc) is 2.48. The predicted molar refractivity (Wildman–Crippen MR) is 60.3 cm³/mol. The van der Waals surface area contributed by atoms with E-state index in [0.29, 0.717) is 13.2 Å². The molecule has 14 heavy (non-hydrogen) atoms. The first-order chi connectivity index (χ1) is 6.53. The quantitative estimate of drug-likeness (QED) is 0.776. The van der Waals surface area contributed by atoms with Gasteiger partial charge in [0.2, 0.25) is 0 Å². The van der Waals surface area contributed by atoms with E-state index >= 15 is 0 Å². The molecule has 0 saturated carbocycles. The van der Waals surface area contributed by atoms with Gasteiger partial charge >= 0.3 is 0 Å². The van der Waals surface area contributed by atoms with E-state index in [4.69, 9.17) is 9.47 Å². The molecular weight excluding hydrogens is 266 g/mol. The van der Waals surface area contributed by atoms with Crippen LogP contribution in [-0.4, -0.2) is 17.4 Å². The van der Waals surface area contributed by atoms with E-state index in [9.17, 15) is 0 Å². The van der Waals surface area contributed by atoms with E-state index in [1.807, 2.05) is 26.2 Å². The van der Waals surface area contributed by atoms with Crippen molar-refractivity contribution >= 4 is 27.3 Å². The Labute approximate surface area is 96.6 Å². The number of nitrogens with zero attached hydrogens (tertiary/aromatic N) is 1. The Morgan fingerprint density at radius 3 is 2.71 bits per heavy atom. The van der Waals surface area contributed by atoms with Crippen LogP contribution in [0.15, 0.2) is 9.30 Å². The fraction of sp³-hybridized carbons (Fsp3) is 0.667. The van der Waals surface area contributed by atoms with E-state index in [1.165, 1.54) is 0 Å². The molecule has 0 unspecified atom stereocenters. The van der Waals surface area contributed by atoms with Crippen LogP contribution in [0.1, 0.15) is 26.5 Å². The molecule has 1 heterocycles. The second kappa shape index (κ2) is 5.21. The smallest absolute Gasteiger partial charge is 0.163 e. The van der Waals surface area contributed by atoms with Crippen LogP contribution >= 0.6 is 27.3 Å². The summed E-state index contributed by atoms with van der Waals surface area (Å²) in [5, 5.41) is 1.96. The van der Waals surface area contributed by atoms with Gasteiger partial charge in [-0.15, -0.1) is 11.3 Å². The average molecular weight is 280 g/mol. The maximum Gasteiger partial charge on any atom is 0.163 e. The number of hydrogen-bond acceptors (Lipinski definition) is 4. The molecule has 0 atom stereocenters. The number of hydrogen-bond donors (Lipinski definition) is 0. The summed E-state index contributed by atoms with van der Waals surface area (Å²) < 4.78 is 11.8. The Morgan fingerprint density at radius 2 is 2.21 bits per heavy atom. The summed E-state index contributed by atoms with van der Waals surface area (Å²) in [5.41, 5.74) is 0.926. The highest BCUT2D eigenvalue weighted by Gasteiger charge is 2.18. The van der Waals surface area contributed by atoms with Gasteiger partial charge in [0, 0.05) is 12.0 Å². The van der Waals surface area contributed by atoms with Gasteiger partial charge in [0.25, 0.3) is 0 Å². The van der Waals surface area contributed by atoms with Crippen LogP contribution in [0.4, 0.5) is 0 Å². The zero-order chi connectivity index (χ0) is 10.6. The van der Waals surface area contributed by atoms with Crippen LogP contribution in [0.25, 0.3) is 0 Å². The molecule has 3 nitrogen and oxygen atoms in total. The van der Waals surface area contributed by atoms with Gasteiger partial charge in [-0.2, -0.15) is 0 Å². The van der Waals surface area contributed by atoms with Crippen molar-refractivity contribution < 1.29 is 9.47 Å². The van der Waals surface area contributed by atoms with Crippen LogP contribution in [-0.2, 0) is 16.1 Å². The molecule has 80 valence electrons. The molecule has 0 aliphatic heterocycles. The maximum atomic E-state index is 5.57. The fourth-order valence-electron chi connectivity index (χ4n) is 0.986. The molecule has 0 aromatic carbocycles. The molecule has 0 spiro atoms. The summed E-state index contributed by atoms with van der Waals surface area (Å²) in [6.07, 6.45) is 0. The predicted octanol–water partition coefficient (Wildman–Crippen LogP) is 3.19. The Hall–Kier alpha value is 0.0300. The fourth-order valence-corrected chi connectivity index (χ4v) is 2.02. The van der Waals surface area contributed by atoms with Gasteiger partial charge in [0.05, 0.1) is 12.3 Å². The topological polar surface area (TPSA) is 31.4 Å². The first-order valence-electron chi connectivity index (χ1n) is 4.41. The molecule has 0 aliphatic rings. The lowest BCUT2D eigenvalue weighted by Gasteiger charge is -2.24. The van der Waals surface area contributed by atoms with Crippen molar-refractivity contribution in [2.24, 2.45) is 0 Å². The van der Waals surface area contributed by atoms with Gasteiger partial charge in [-0.3, -0.25) is 0 Å². The summed E-state index contributed by atoms with van der Waals surface area (Å²) >= 11 is 4.86. The second-order valence-electron chi connectivity index (χ2n) is 3.21. The Bertz CT molecular complexity index is 288. The molecule has 1 aromatic heterocycles. The van der Waals surface area contributed by atoms with E-state index in [2.05, 4.69) is 20.9 Å². The van der Waals surface area contributed by atoms with Crippen molar-refractivity contribution in [2.45, 2.75) is 33.2 Å². The summed E-state index contributed by atoms with van der Waals surface area (Å²) in [7, 11) is 0. The lowest BCUT2D eigenvalue weighted by atomic mass is 10.4. The van der Waals surface area contributed by atoms with Crippen molar-refractivity contribution in [3.05, 3.63) is 15.0 Å². The molecule has 0 fully saturated rings. The third-order valence-electron chi connectivity index (χ3n) is 1.58. The lowest BCUT2D eigenvalue weighted by molar-refractivity contribution is -0.217. The van der Waals surface area contributed by atoms with E-state index in [0.717, 1.165) is 9.61 Å². The minimum atomic E-state index is -0.537. The summed E-state index contributed by atoms with van der Waals surface area (Å²) in [6, 6.07) is 0. The van der Waals surface area contributed by atoms with E-state index in [1.54, 1.807) is 11.3 Å². The van der Waals surface area contributed by atoms with Gasteiger partial charge in [-0.1, -0.05) is 0 Å². The second-order valence-corrected chi connectivity index (χ2v) is 5.35. The minimum absolute atomic E-state index is 0.481. The van der Waals surface area contributed by atoms with Gasteiger partial charge < -0.3 is 9.47 Å². The standard InChI is InChI=1S/C9H14BrNO2S/c1-4-12-9(2,3)13-5-7-6-14-8(10)11-7/h6H,4-5H2,1-3H3. The largest absolute Gasteiger partial charge is 0.351 e. The molecule has 0 aliphatic carbocycles. The molecule has 0 N–H and O–H groups in total. The van der Waals surface area contributed by atoms with E-state index < -0.39 is 5.79 Å². The number of halogens is 1. The molecular formula is C9H14BrNO2S. The van der Waals surface area contributed by atoms with E-state index in [-0.39, 0.29) is 0 Å². The highest BCUT2D eigenvalue weighted by atomic mass is 79.9. The van der Waals surface area contributed by atoms with Crippen molar-refractivity contribution in [3.8, 4) is 0 Å². The molecule has 0 radical (unpaired) electrons. The molecule has 1 aromatic rings. The zero-order valence-electron chi connectivity index (χ0n) is 8.54. The van der Waals surface area contributed by atoms with Crippen LogP contribution in [0.2, 0.25) is 0 Å². The first-order valence-corrected chi connectivity index (χ1v) is 6.08. The lowest BCUT2D eigenvalue weighted by Crippen LogP contribution is -2.28. The molecule has 0 amide bonds. The van der Waals surface area contributed by atoms with Crippen molar-refractivity contribution in [3.63, 3.8) is 0 Å². The normalized spacial score (nSPS) is 12.0. The molecule has 0 saturated heterocycles. The first kappa shape index (κ1) is 12.1. The number of ether oxygens (including phenoxy) is 2. The van der Waals surface area contributed by atoms with Gasteiger partial charge in [0.1, 0.15) is 0 Å². The number of rotatable bonds is 5. The van der Waals surface area contributed by atoms with Crippen molar-refractivity contribution in [2.75, 3.05) is 6.61 Å². The monoisotopic (exact) mass is 279 g/mol. The Balaban J connectivity index is 2.40. The highest BCUT2D eigenvalue weighted by Crippen LogP contribution is 2.19. The van der Waals surface area contributed by atoms with Crippen LogP contribution in [0.5, 0.6) is 0 Å². The number of aromatic nitrogens is 1. The highest BCUT2D eigenvalue weighted by molar-refractivity contribution is 9.11. The third-order valence-corrected chi connectivity index (χ3v) is 3.00. The maximum absolute atomic E-state index is 5.57.